The number of nitrogens with zero attached hydrogens (tertiary/aromatic N) is 1. The first-order valence-corrected chi connectivity index (χ1v) is 7.14. The van der Waals surface area contributed by atoms with Gasteiger partial charge < -0.3 is 10.1 Å². The molecule has 1 amide bonds. The summed E-state index contributed by atoms with van der Waals surface area (Å²) in [5.74, 6) is -4.70. The molecule has 0 atom stereocenters. The molecule has 0 aliphatic carbocycles. The van der Waals surface area contributed by atoms with Crippen LogP contribution in [0.15, 0.2) is 18.2 Å². The van der Waals surface area contributed by atoms with Gasteiger partial charge in [-0.1, -0.05) is 0 Å². The number of amides is 1. The minimum atomic E-state index is -1.53. The number of H-pyrrole nitrogens is 1. The van der Waals surface area contributed by atoms with Gasteiger partial charge in [-0.15, -0.1) is 0 Å². The van der Waals surface area contributed by atoms with Gasteiger partial charge >= 0.3 is 0 Å². The Morgan fingerprint density at radius 3 is 2.65 bits per heavy atom. The van der Waals surface area contributed by atoms with Crippen LogP contribution >= 0.6 is 0 Å². The smallest absolute Gasteiger partial charge is 0.262 e. The second-order valence-corrected chi connectivity index (χ2v) is 5.27. The Balaban J connectivity index is 1.76. The third-order valence-electron chi connectivity index (χ3n) is 3.77. The van der Waals surface area contributed by atoms with Crippen molar-refractivity contribution >= 4 is 11.7 Å². The number of benzene rings is 1. The van der Waals surface area contributed by atoms with Crippen LogP contribution in [0, 0.1) is 17.5 Å². The summed E-state index contributed by atoms with van der Waals surface area (Å²) in [4.78, 5) is 12.0. The molecule has 1 fully saturated rings. The standard InChI is InChI=1S/C15H14F3N3O2/c16-9-1-2-10(17)14(18)13(9)15(22)19-12-7-11(20-21-12)8-3-5-23-6-4-8/h1-2,7-8H,3-6H2,(H2,19,20,21,22). The quantitative estimate of drug-likeness (QED) is 0.853. The third kappa shape index (κ3) is 3.21. The summed E-state index contributed by atoms with van der Waals surface area (Å²) in [5.41, 5.74) is -0.163. The number of aromatic nitrogens is 2. The van der Waals surface area contributed by atoms with Crippen molar-refractivity contribution in [2.24, 2.45) is 0 Å². The van der Waals surface area contributed by atoms with Gasteiger partial charge in [-0.2, -0.15) is 5.10 Å². The van der Waals surface area contributed by atoms with E-state index >= 15 is 0 Å². The molecule has 3 rings (SSSR count). The van der Waals surface area contributed by atoms with Crippen LogP contribution in [0.3, 0.4) is 0 Å². The van der Waals surface area contributed by atoms with Crippen LogP contribution in [-0.4, -0.2) is 29.3 Å². The van der Waals surface area contributed by atoms with Crippen molar-refractivity contribution in [3.05, 3.63) is 46.9 Å². The summed E-state index contributed by atoms with van der Waals surface area (Å²) in [5, 5.41) is 8.96. The molecule has 2 heterocycles. The average Bonchev–Trinajstić information content (AvgIpc) is 3.01. The van der Waals surface area contributed by atoms with E-state index in [0.717, 1.165) is 18.5 Å². The zero-order chi connectivity index (χ0) is 16.4. The molecule has 5 nitrogen and oxygen atoms in total. The van der Waals surface area contributed by atoms with Crippen molar-refractivity contribution < 1.29 is 22.7 Å². The summed E-state index contributed by atoms with van der Waals surface area (Å²) in [6.45, 7) is 1.29. The number of ether oxygens (including phenoxy) is 1. The Kier molecular flexibility index (Phi) is 4.33. The second kappa shape index (κ2) is 6.41. The average molecular weight is 325 g/mol. The van der Waals surface area contributed by atoms with E-state index in [4.69, 9.17) is 4.74 Å². The zero-order valence-corrected chi connectivity index (χ0v) is 12.0. The summed E-state index contributed by atoms with van der Waals surface area (Å²) >= 11 is 0. The fourth-order valence-electron chi connectivity index (χ4n) is 2.53. The number of carbonyl (C=O) groups is 1. The number of aromatic amines is 1. The second-order valence-electron chi connectivity index (χ2n) is 5.27. The minimum Gasteiger partial charge on any atom is -0.381 e. The van der Waals surface area contributed by atoms with Gasteiger partial charge in [0, 0.05) is 30.9 Å². The number of anilines is 1. The van der Waals surface area contributed by atoms with Crippen molar-refractivity contribution in [1.82, 2.24) is 10.2 Å². The molecule has 0 unspecified atom stereocenters. The normalized spacial score (nSPS) is 15.6. The van der Waals surface area contributed by atoms with Gasteiger partial charge in [0.1, 0.15) is 11.4 Å². The lowest BCUT2D eigenvalue weighted by Crippen LogP contribution is -2.17. The molecule has 23 heavy (non-hydrogen) atoms. The van der Waals surface area contributed by atoms with Crippen LogP contribution in [0.4, 0.5) is 19.0 Å². The van der Waals surface area contributed by atoms with Crippen LogP contribution < -0.4 is 5.32 Å². The summed E-state index contributed by atoms with van der Waals surface area (Å²) in [6, 6.07) is 2.92. The largest absolute Gasteiger partial charge is 0.381 e. The summed E-state index contributed by atoms with van der Waals surface area (Å²) in [6.07, 6.45) is 1.64. The Morgan fingerprint density at radius 2 is 1.91 bits per heavy atom. The van der Waals surface area contributed by atoms with Crippen molar-refractivity contribution in [3.8, 4) is 0 Å². The van der Waals surface area contributed by atoms with Crippen LogP contribution in [0.2, 0.25) is 0 Å². The van der Waals surface area contributed by atoms with E-state index in [9.17, 15) is 18.0 Å². The monoisotopic (exact) mass is 325 g/mol. The van der Waals surface area contributed by atoms with Gasteiger partial charge in [0.15, 0.2) is 17.5 Å². The van der Waals surface area contributed by atoms with E-state index in [1.54, 1.807) is 6.07 Å². The SMILES string of the molecule is O=C(Nc1cc(C2CCOCC2)[nH]n1)c1c(F)ccc(F)c1F. The van der Waals surface area contributed by atoms with Crippen LogP contribution in [0.25, 0.3) is 0 Å². The Bertz CT molecular complexity index is 727. The van der Waals surface area contributed by atoms with Crippen molar-refractivity contribution in [3.63, 3.8) is 0 Å². The highest BCUT2D eigenvalue weighted by Gasteiger charge is 2.23. The lowest BCUT2D eigenvalue weighted by Gasteiger charge is -2.20. The molecule has 1 aromatic heterocycles. The molecule has 2 aromatic rings. The van der Waals surface area contributed by atoms with Gasteiger partial charge in [-0.3, -0.25) is 9.89 Å². The molecule has 0 radical (unpaired) electrons. The van der Waals surface area contributed by atoms with Crippen LogP contribution in [0.5, 0.6) is 0 Å². The van der Waals surface area contributed by atoms with Gasteiger partial charge in [0.05, 0.1) is 0 Å². The molecule has 1 saturated heterocycles. The predicted octanol–water partition coefficient (Wildman–Crippen LogP) is 2.97. The Hall–Kier alpha value is -2.35. The van der Waals surface area contributed by atoms with E-state index in [-0.39, 0.29) is 11.7 Å². The molecule has 122 valence electrons. The first kappa shape index (κ1) is 15.5. The number of hydrogen-bond acceptors (Lipinski definition) is 3. The van der Waals surface area contributed by atoms with Crippen molar-refractivity contribution in [2.75, 3.05) is 18.5 Å². The fraction of sp³-hybridized carbons (Fsp3) is 0.333. The molecular weight excluding hydrogens is 311 g/mol. The zero-order valence-electron chi connectivity index (χ0n) is 12.0. The lowest BCUT2D eigenvalue weighted by molar-refractivity contribution is 0.0845. The van der Waals surface area contributed by atoms with Gasteiger partial charge in [-0.05, 0) is 25.0 Å². The number of rotatable bonds is 3. The van der Waals surface area contributed by atoms with Crippen molar-refractivity contribution in [2.45, 2.75) is 18.8 Å². The highest BCUT2D eigenvalue weighted by Crippen LogP contribution is 2.27. The van der Waals surface area contributed by atoms with E-state index in [0.29, 0.717) is 25.3 Å². The maximum atomic E-state index is 13.6. The number of carbonyl (C=O) groups excluding carboxylic acids is 1. The Labute approximate surface area is 129 Å². The highest BCUT2D eigenvalue weighted by atomic mass is 19.2. The summed E-state index contributed by atoms with van der Waals surface area (Å²) < 4.78 is 45.6. The molecule has 1 aliphatic rings. The predicted molar refractivity (Wildman–Crippen MR) is 75.7 cm³/mol. The minimum absolute atomic E-state index is 0.125. The Morgan fingerprint density at radius 1 is 1.22 bits per heavy atom. The van der Waals surface area contributed by atoms with Gasteiger partial charge in [0.25, 0.3) is 5.91 Å². The highest BCUT2D eigenvalue weighted by molar-refractivity contribution is 6.04. The maximum absolute atomic E-state index is 13.6. The van der Waals surface area contributed by atoms with Crippen LogP contribution in [-0.2, 0) is 4.74 Å². The van der Waals surface area contributed by atoms with E-state index in [2.05, 4.69) is 15.5 Å². The topological polar surface area (TPSA) is 67.0 Å². The summed E-state index contributed by atoms with van der Waals surface area (Å²) in [7, 11) is 0. The molecular formula is C15H14F3N3O2. The maximum Gasteiger partial charge on any atom is 0.262 e. The first-order chi connectivity index (χ1) is 11.1. The number of nitrogens with one attached hydrogen (secondary N) is 2. The molecule has 1 aromatic carbocycles. The number of halogens is 3. The van der Waals surface area contributed by atoms with E-state index in [1.165, 1.54) is 0 Å². The van der Waals surface area contributed by atoms with Gasteiger partial charge in [0.2, 0.25) is 0 Å². The number of hydrogen-bond donors (Lipinski definition) is 2. The molecule has 0 saturated carbocycles. The van der Waals surface area contributed by atoms with Crippen molar-refractivity contribution in [1.29, 1.82) is 0 Å². The molecule has 1 aliphatic heterocycles. The molecule has 8 heteroatoms. The molecule has 0 bridgehead atoms. The van der Waals surface area contributed by atoms with Gasteiger partial charge in [-0.25, -0.2) is 13.2 Å². The third-order valence-corrected chi connectivity index (χ3v) is 3.77. The van der Waals surface area contributed by atoms with Crippen LogP contribution in [0.1, 0.15) is 34.8 Å². The lowest BCUT2D eigenvalue weighted by atomic mass is 9.97. The fourth-order valence-corrected chi connectivity index (χ4v) is 2.53. The van der Waals surface area contributed by atoms with E-state index < -0.39 is 28.9 Å². The van der Waals surface area contributed by atoms with E-state index in [1.807, 2.05) is 0 Å². The first-order valence-electron chi connectivity index (χ1n) is 7.14. The molecule has 0 spiro atoms. The molecule has 2 N–H and O–H groups in total.